The maximum absolute atomic E-state index is 12.8. The van der Waals surface area contributed by atoms with Crippen LogP contribution in [0, 0.1) is 6.92 Å². The molecule has 6 heteroatoms. The maximum atomic E-state index is 12.8. The van der Waals surface area contributed by atoms with Crippen LogP contribution in [0.5, 0.6) is 0 Å². The number of rotatable bonds is 4. The lowest BCUT2D eigenvalue weighted by atomic mass is 9.93. The van der Waals surface area contributed by atoms with E-state index in [2.05, 4.69) is 55.2 Å². The molecule has 1 amide bonds. The Morgan fingerprint density at radius 1 is 1.29 bits per heavy atom. The van der Waals surface area contributed by atoms with E-state index in [9.17, 15) is 4.79 Å². The van der Waals surface area contributed by atoms with E-state index in [4.69, 9.17) is 0 Å². The van der Waals surface area contributed by atoms with Gasteiger partial charge in [0.1, 0.15) is 10.0 Å². The Bertz CT molecular complexity index is 711. The Morgan fingerprint density at radius 2 is 2.00 bits per heavy atom. The van der Waals surface area contributed by atoms with Crippen LogP contribution in [0.25, 0.3) is 0 Å². The second-order valence-electron chi connectivity index (χ2n) is 6.46. The largest absolute Gasteiger partial charge is 0.335 e. The molecule has 0 bridgehead atoms. The first-order chi connectivity index (χ1) is 11.5. The fourth-order valence-corrected chi connectivity index (χ4v) is 4.46. The average molecular weight is 362 g/mol. The summed E-state index contributed by atoms with van der Waals surface area (Å²) in [6, 6.07) is 9.02. The molecule has 2 atom stereocenters. The minimum Gasteiger partial charge on any atom is -0.335 e. The number of hydrogen-bond donors (Lipinski definition) is 0. The van der Waals surface area contributed by atoms with Gasteiger partial charge in [-0.05, 0) is 32.8 Å². The van der Waals surface area contributed by atoms with Crippen LogP contribution < -0.4 is 0 Å². The van der Waals surface area contributed by atoms with Crippen molar-refractivity contribution in [3.05, 3.63) is 46.5 Å². The van der Waals surface area contributed by atoms with E-state index >= 15 is 0 Å². The molecule has 1 aliphatic rings. The van der Waals surface area contributed by atoms with Crippen molar-refractivity contribution >= 4 is 29.0 Å². The van der Waals surface area contributed by atoms with Gasteiger partial charge in [0.05, 0.1) is 0 Å². The smallest absolute Gasteiger partial charge is 0.273 e. The van der Waals surface area contributed by atoms with Crippen molar-refractivity contribution < 1.29 is 4.79 Å². The van der Waals surface area contributed by atoms with Crippen LogP contribution >= 0.6 is 23.1 Å². The Kier molecular flexibility index (Phi) is 5.27. The Hall–Kier alpha value is -1.37. The highest BCUT2D eigenvalue weighted by Gasteiger charge is 2.38. The first-order valence-corrected chi connectivity index (χ1v) is 10.1. The number of carbonyl (C=O) groups is 1. The minimum absolute atomic E-state index is 0.0491. The third-order valence-electron chi connectivity index (χ3n) is 4.62. The standard InChI is InChI=1S/C18H23N3OS2/c1-12-5-7-13(8-6-12)14-9-21(10-16(14)20(2)3)17(22)15-11-24-18(19-15)23-4/h5-8,11,14,16H,9-10H2,1-4H3/t14-,16+/m0/s1. The molecule has 1 fully saturated rings. The number of amides is 1. The Morgan fingerprint density at radius 3 is 2.58 bits per heavy atom. The van der Waals surface area contributed by atoms with Gasteiger partial charge in [-0.15, -0.1) is 11.3 Å². The number of likely N-dealkylation sites (N-methyl/N-ethyl adjacent to an activating group) is 1. The van der Waals surface area contributed by atoms with Crippen LogP contribution in [-0.2, 0) is 0 Å². The second-order valence-corrected chi connectivity index (χ2v) is 8.37. The normalized spacial score (nSPS) is 20.8. The van der Waals surface area contributed by atoms with Crippen LogP contribution in [-0.4, -0.2) is 60.2 Å². The van der Waals surface area contributed by atoms with E-state index in [1.165, 1.54) is 22.5 Å². The zero-order chi connectivity index (χ0) is 17.3. The monoisotopic (exact) mass is 361 g/mol. The highest BCUT2D eigenvalue weighted by molar-refractivity contribution is 8.00. The number of aromatic nitrogens is 1. The summed E-state index contributed by atoms with van der Waals surface area (Å²) >= 11 is 3.12. The number of likely N-dealkylation sites (tertiary alicyclic amines) is 1. The Labute approximate surface area is 151 Å². The van der Waals surface area contributed by atoms with Crippen LogP contribution in [0.4, 0.5) is 0 Å². The van der Waals surface area contributed by atoms with E-state index in [1.54, 1.807) is 11.8 Å². The number of thioether (sulfide) groups is 1. The summed E-state index contributed by atoms with van der Waals surface area (Å²) in [5, 5.41) is 1.87. The quantitative estimate of drug-likeness (QED) is 0.783. The molecule has 0 unspecified atom stereocenters. The molecule has 0 spiro atoms. The Balaban J connectivity index is 1.81. The minimum atomic E-state index is 0.0491. The van der Waals surface area contributed by atoms with Gasteiger partial charge in [-0.2, -0.15) is 0 Å². The molecular formula is C18H23N3OS2. The van der Waals surface area contributed by atoms with Crippen molar-refractivity contribution in [2.75, 3.05) is 33.4 Å². The lowest BCUT2D eigenvalue weighted by Gasteiger charge is -2.25. The van der Waals surface area contributed by atoms with Crippen LogP contribution in [0.1, 0.15) is 27.5 Å². The first-order valence-electron chi connectivity index (χ1n) is 8.01. The highest BCUT2D eigenvalue weighted by Crippen LogP contribution is 2.32. The lowest BCUT2D eigenvalue weighted by molar-refractivity contribution is 0.0777. The number of hydrogen-bond acceptors (Lipinski definition) is 5. The summed E-state index contributed by atoms with van der Waals surface area (Å²) in [6.45, 7) is 3.59. The van der Waals surface area contributed by atoms with Crippen molar-refractivity contribution in [1.82, 2.24) is 14.8 Å². The maximum Gasteiger partial charge on any atom is 0.273 e. The van der Waals surface area contributed by atoms with E-state index in [1.807, 2.05) is 16.5 Å². The number of carbonyl (C=O) groups excluding carboxylic acids is 1. The molecule has 1 aromatic heterocycles. The molecule has 24 heavy (non-hydrogen) atoms. The van der Waals surface area contributed by atoms with Gasteiger partial charge in [0.2, 0.25) is 0 Å². The molecule has 1 aliphatic heterocycles. The van der Waals surface area contributed by atoms with E-state index in [-0.39, 0.29) is 5.91 Å². The lowest BCUT2D eigenvalue weighted by Crippen LogP contribution is -2.35. The fourth-order valence-electron chi connectivity index (χ4n) is 3.23. The fraction of sp³-hybridized carbons (Fsp3) is 0.444. The first kappa shape index (κ1) is 17.5. The predicted molar refractivity (Wildman–Crippen MR) is 101 cm³/mol. The molecule has 0 saturated carbocycles. The predicted octanol–water partition coefficient (Wildman–Crippen LogP) is 3.34. The van der Waals surface area contributed by atoms with Crippen molar-refractivity contribution in [2.24, 2.45) is 0 Å². The van der Waals surface area contributed by atoms with Crippen molar-refractivity contribution in [3.63, 3.8) is 0 Å². The summed E-state index contributed by atoms with van der Waals surface area (Å²) in [4.78, 5) is 21.4. The van der Waals surface area contributed by atoms with E-state index in [0.29, 0.717) is 17.7 Å². The molecule has 1 aromatic carbocycles. The third-order valence-corrected chi connectivity index (χ3v) is 6.49. The van der Waals surface area contributed by atoms with Gasteiger partial charge in [-0.1, -0.05) is 41.6 Å². The molecule has 0 aliphatic carbocycles. The van der Waals surface area contributed by atoms with E-state index < -0.39 is 0 Å². The van der Waals surface area contributed by atoms with Gasteiger partial charge >= 0.3 is 0 Å². The molecule has 0 N–H and O–H groups in total. The van der Waals surface area contributed by atoms with Crippen molar-refractivity contribution in [2.45, 2.75) is 23.2 Å². The average Bonchev–Trinajstić information content (AvgIpc) is 3.22. The highest BCUT2D eigenvalue weighted by atomic mass is 32.2. The van der Waals surface area contributed by atoms with Crippen molar-refractivity contribution in [3.8, 4) is 0 Å². The van der Waals surface area contributed by atoms with Gasteiger partial charge in [-0.25, -0.2) is 4.98 Å². The van der Waals surface area contributed by atoms with Crippen LogP contribution in [0.15, 0.2) is 34.0 Å². The number of thiazole rings is 1. The summed E-state index contributed by atoms with van der Waals surface area (Å²) in [5.74, 6) is 0.385. The van der Waals surface area contributed by atoms with Gasteiger partial charge in [0.25, 0.3) is 5.91 Å². The molecule has 128 valence electrons. The van der Waals surface area contributed by atoms with Crippen LogP contribution in [0.3, 0.4) is 0 Å². The summed E-state index contributed by atoms with van der Waals surface area (Å²) in [5.41, 5.74) is 3.14. The molecular weight excluding hydrogens is 338 g/mol. The van der Waals surface area contributed by atoms with Crippen LogP contribution in [0.2, 0.25) is 0 Å². The molecule has 2 aromatic rings. The topological polar surface area (TPSA) is 36.4 Å². The van der Waals surface area contributed by atoms with E-state index in [0.717, 1.165) is 17.4 Å². The number of aryl methyl sites for hydroxylation is 1. The van der Waals surface area contributed by atoms with Gasteiger partial charge < -0.3 is 9.80 Å². The second kappa shape index (κ2) is 7.25. The van der Waals surface area contributed by atoms with Gasteiger partial charge in [-0.3, -0.25) is 4.79 Å². The third kappa shape index (κ3) is 3.50. The summed E-state index contributed by atoms with van der Waals surface area (Å²) in [6.07, 6.45) is 1.98. The number of nitrogens with zero attached hydrogens (tertiary/aromatic N) is 3. The summed E-state index contributed by atoms with van der Waals surface area (Å²) < 4.78 is 0.941. The molecule has 0 radical (unpaired) electrons. The van der Waals surface area contributed by atoms with Crippen molar-refractivity contribution in [1.29, 1.82) is 0 Å². The molecule has 2 heterocycles. The molecule has 4 nitrogen and oxygen atoms in total. The zero-order valence-corrected chi connectivity index (χ0v) is 16.2. The van der Waals surface area contributed by atoms with Gasteiger partial charge in [0, 0.05) is 30.4 Å². The van der Waals surface area contributed by atoms with Gasteiger partial charge in [0.15, 0.2) is 0 Å². The number of benzene rings is 1. The molecule has 1 saturated heterocycles. The molecule has 3 rings (SSSR count). The zero-order valence-electron chi connectivity index (χ0n) is 14.5. The summed E-state index contributed by atoms with van der Waals surface area (Å²) in [7, 11) is 4.18. The SMILES string of the molecule is CSc1nc(C(=O)N2C[C@@H](N(C)C)[C@H](c3ccc(C)cc3)C2)cs1.